The van der Waals surface area contributed by atoms with Gasteiger partial charge in [-0.25, -0.2) is 9.55 Å². The second-order valence-electron chi connectivity index (χ2n) is 2.40. The Hall–Kier alpha value is -0.970. The number of hydrogen-bond donors (Lipinski definition) is 0. The van der Waals surface area contributed by atoms with E-state index in [1.54, 1.807) is 6.92 Å². The van der Waals surface area contributed by atoms with E-state index in [4.69, 9.17) is 4.52 Å². The summed E-state index contributed by atoms with van der Waals surface area (Å²) in [6, 6.07) is 0. The van der Waals surface area contributed by atoms with E-state index in [0.717, 1.165) is 5.69 Å². The molecule has 14 heavy (non-hydrogen) atoms. The summed E-state index contributed by atoms with van der Waals surface area (Å²) in [5.41, 5.74) is 0.738. The second-order valence-corrected chi connectivity index (χ2v) is 4.21. The molecule has 78 valence electrons. The van der Waals surface area contributed by atoms with Gasteiger partial charge in [-0.1, -0.05) is 0 Å². The summed E-state index contributed by atoms with van der Waals surface area (Å²) < 4.78 is 25.5. The molecule has 6 nitrogen and oxygen atoms in total. The summed E-state index contributed by atoms with van der Waals surface area (Å²) in [5.74, 6) is 0.0997. The average Bonchev–Trinajstić information content (AvgIpc) is 2.21. The van der Waals surface area contributed by atoms with Crippen molar-refractivity contribution in [2.75, 3.05) is 14.2 Å². The zero-order chi connectivity index (χ0) is 10.6. The maximum atomic E-state index is 11.5. The van der Waals surface area contributed by atoms with Gasteiger partial charge in [0.15, 0.2) is 0 Å². The largest absolute Gasteiger partial charge is 0.530 e. The molecule has 0 aliphatic rings. The first-order valence-corrected chi connectivity index (χ1v) is 5.25. The Morgan fingerprint density at radius 1 is 1.21 bits per heavy atom. The van der Waals surface area contributed by atoms with Crippen LogP contribution in [0.5, 0.6) is 5.88 Å². The Bertz CT molecular complexity index is 332. The molecule has 0 atom stereocenters. The molecule has 0 amide bonds. The number of aromatic nitrogens is 2. The van der Waals surface area contributed by atoms with E-state index in [2.05, 4.69) is 19.0 Å². The van der Waals surface area contributed by atoms with Crippen LogP contribution in [0.1, 0.15) is 5.69 Å². The van der Waals surface area contributed by atoms with Gasteiger partial charge in [0, 0.05) is 14.2 Å². The van der Waals surface area contributed by atoms with Crippen molar-refractivity contribution in [2.45, 2.75) is 6.92 Å². The molecule has 0 saturated carbocycles. The summed E-state index contributed by atoms with van der Waals surface area (Å²) in [5, 5.41) is 0. The fraction of sp³-hybridized carbons (Fsp3) is 0.429. The van der Waals surface area contributed by atoms with Crippen LogP contribution >= 0.6 is 7.82 Å². The Morgan fingerprint density at radius 2 is 1.86 bits per heavy atom. The van der Waals surface area contributed by atoms with Crippen molar-refractivity contribution >= 4 is 7.82 Å². The van der Waals surface area contributed by atoms with Gasteiger partial charge in [-0.2, -0.15) is 0 Å². The van der Waals surface area contributed by atoms with Crippen molar-refractivity contribution in [3.8, 4) is 5.88 Å². The van der Waals surface area contributed by atoms with Crippen LogP contribution in [0, 0.1) is 6.92 Å². The lowest BCUT2D eigenvalue weighted by atomic mass is 10.5. The number of phosphoric acid groups is 1. The predicted molar refractivity (Wildman–Crippen MR) is 49.0 cm³/mol. The van der Waals surface area contributed by atoms with Crippen molar-refractivity contribution in [2.24, 2.45) is 0 Å². The maximum absolute atomic E-state index is 11.5. The van der Waals surface area contributed by atoms with Crippen LogP contribution in [0.25, 0.3) is 0 Å². The third-order valence-electron chi connectivity index (χ3n) is 1.41. The van der Waals surface area contributed by atoms with Gasteiger partial charge >= 0.3 is 7.82 Å². The smallest absolute Gasteiger partial charge is 0.384 e. The van der Waals surface area contributed by atoms with Crippen molar-refractivity contribution in [3.05, 3.63) is 18.1 Å². The topological polar surface area (TPSA) is 70.5 Å². The van der Waals surface area contributed by atoms with Crippen LogP contribution in [-0.4, -0.2) is 24.2 Å². The molecule has 0 aromatic carbocycles. The zero-order valence-corrected chi connectivity index (χ0v) is 9.02. The molecule has 0 aliphatic heterocycles. The lowest BCUT2D eigenvalue weighted by Crippen LogP contribution is -1.99. The maximum Gasteiger partial charge on any atom is 0.530 e. The molecule has 1 aromatic rings. The predicted octanol–water partition coefficient (Wildman–Crippen LogP) is 1.56. The van der Waals surface area contributed by atoms with Gasteiger partial charge in [0.25, 0.3) is 0 Å². The van der Waals surface area contributed by atoms with Gasteiger partial charge in [0.2, 0.25) is 5.88 Å². The Kier molecular flexibility index (Phi) is 3.57. The van der Waals surface area contributed by atoms with Crippen molar-refractivity contribution < 1.29 is 18.1 Å². The summed E-state index contributed by atoms with van der Waals surface area (Å²) in [7, 11) is -1.06. The second kappa shape index (κ2) is 4.50. The van der Waals surface area contributed by atoms with E-state index < -0.39 is 7.82 Å². The summed E-state index contributed by atoms with van der Waals surface area (Å²) >= 11 is 0. The van der Waals surface area contributed by atoms with E-state index in [-0.39, 0.29) is 5.88 Å². The minimum atomic E-state index is -3.52. The molecule has 1 aromatic heterocycles. The van der Waals surface area contributed by atoms with Crippen LogP contribution in [0.2, 0.25) is 0 Å². The first-order chi connectivity index (χ1) is 6.59. The van der Waals surface area contributed by atoms with E-state index in [1.165, 1.54) is 26.6 Å². The van der Waals surface area contributed by atoms with Gasteiger partial charge < -0.3 is 4.52 Å². The molecule has 0 N–H and O–H groups in total. The van der Waals surface area contributed by atoms with Gasteiger partial charge in [0.1, 0.15) is 0 Å². The third-order valence-corrected chi connectivity index (χ3v) is 2.71. The molecule has 0 fully saturated rings. The zero-order valence-electron chi connectivity index (χ0n) is 8.13. The minimum absolute atomic E-state index is 0.0997. The van der Waals surface area contributed by atoms with Crippen LogP contribution in [0.3, 0.4) is 0 Å². The van der Waals surface area contributed by atoms with Crippen LogP contribution < -0.4 is 4.52 Å². The molecule has 0 saturated heterocycles. The normalized spacial score (nSPS) is 11.4. The van der Waals surface area contributed by atoms with E-state index in [1.807, 2.05) is 0 Å². The fourth-order valence-electron chi connectivity index (χ4n) is 0.692. The molecule has 1 rings (SSSR count). The molecule has 0 bridgehead atoms. The molecular formula is C7H11N2O4P. The summed E-state index contributed by atoms with van der Waals surface area (Å²) in [4.78, 5) is 7.75. The number of rotatable bonds is 4. The lowest BCUT2D eigenvalue weighted by Gasteiger charge is -2.12. The van der Waals surface area contributed by atoms with Crippen molar-refractivity contribution in [1.29, 1.82) is 0 Å². The first-order valence-electron chi connectivity index (χ1n) is 3.79. The molecule has 0 unspecified atom stereocenters. The fourth-order valence-corrected chi connectivity index (χ4v) is 1.31. The van der Waals surface area contributed by atoms with Crippen LogP contribution in [-0.2, 0) is 13.6 Å². The molecule has 1 heterocycles. The molecule has 0 aliphatic carbocycles. The third kappa shape index (κ3) is 2.77. The number of phosphoric ester groups is 1. The van der Waals surface area contributed by atoms with Crippen molar-refractivity contribution in [1.82, 2.24) is 9.97 Å². The molecule has 0 spiro atoms. The highest BCUT2D eigenvalue weighted by Crippen LogP contribution is 2.46. The van der Waals surface area contributed by atoms with Crippen LogP contribution in [0.15, 0.2) is 12.4 Å². The number of aryl methyl sites for hydroxylation is 1. The number of hydrogen-bond acceptors (Lipinski definition) is 6. The van der Waals surface area contributed by atoms with E-state index in [9.17, 15) is 4.57 Å². The SMILES string of the molecule is COP(=O)(OC)Oc1cnc(C)cn1. The van der Waals surface area contributed by atoms with Gasteiger partial charge in [-0.3, -0.25) is 14.0 Å². The minimum Gasteiger partial charge on any atom is -0.384 e. The standard InChI is InChI=1S/C7H11N2O4P/c1-6-4-9-7(5-8-6)13-14(10,11-2)12-3/h4-5H,1-3H3. The Morgan fingerprint density at radius 3 is 2.29 bits per heavy atom. The number of nitrogens with zero attached hydrogens (tertiary/aromatic N) is 2. The highest BCUT2D eigenvalue weighted by Gasteiger charge is 2.25. The van der Waals surface area contributed by atoms with Gasteiger partial charge in [0.05, 0.1) is 18.1 Å². The molecular weight excluding hydrogens is 207 g/mol. The molecule has 7 heteroatoms. The van der Waals surface area contributed by atoms with Gasteiger partial charge in [-0.05, 0) is 6.92 Å². The first kappa shape index (κ1) is 11.1. The molecule has 0 radical (unpaired) electrons. The Labute approximate surface area is 81.9 Å². The van der Waals surface area contributed by atoms with Crippen LogP contribution in [0.4, 0.5) is 0 Å². The average molecular weight is 218 g/mol. The van der Waals surface area contributed by atoms with E-state index >= 15 is 0 Å². The van der Waals surface area contributed by atoms with E-state index in [0.29, 0.717) is 0 Å². The summed E-state index contributed by atoms with van der Waals surface area (Å²) in [6.45, 7) is 1.78. The quantitative estimate of drug-likeness (QED) is 0.714. The Balaban J connectivity index is 2.78. The highest BCUT2D eigenvalue weighted by molar-refractivity contribution is 7.48. The summed E-state index contributed by atoms with van der Waals surface area (Å²) in [6.07, 6.45) is 2.84. The lowest BCUT2D eigenvalue weighted by molar-refractivity contribution is 0.208. The monoisotopic (exact) mass is 218 g/mol. The van der Waals surface area contributed by atoms with Gasteiger partial charge in [-0.15, -0.1) is 0 Å². The van der Waals surface area contributed by atoms with Crippen molar-refractivity contribution in [3.63, 3.8) is 0 Å². The highest BCUT2D eigenvalue weighted by atomic mass is 31.2.